The summed E-state index contributed by atoms with van der Waals surface area (Å²) in [6, 6.07) is 6.24. The van der Waals surface area contributed by atoms with E-state index in [1.165, 1.54) is 12.1 Å². The van der Waals surface area contributed by atoms with Crippen LogP contribution in [0.15, 0.2) is 33.9 Å². The van der Waals surface area contributed by atoms with Gasteiger partial charge >= 0.3 is 5.69 Å². The van der Waals surface area contributed by atoms with Crippen molar-refractivity contribution in [2.45, 2.75) is 0 Å². The summed E-state index contributed by atoms with van der Waals surface area (Å²) in [7, 11) is 0. The van der Waals surface area contributed by atoms with Crippen LogP contribution in [0.3, 0.4) is 0 Å². The minimum Gasteiger partial charge on any atom is -0.297 e. The molecule has 0 fully saturated rings. The normalized spacial score (nSPS) is 10.1. The quantitative estimate of drug-likeness (QED) is 0.787. The minimum absolute atomic E-state index is 0.125. The molecule has 0 spiro atoms. The van der Waals surface area contributed by atoms with Gasteiger partial charge in [-0.25, -0.2) is 13.8 Å². The lowest BCUT2D eigenvalue weighted by Gasteiger charge is -2.06. The van der Waals surface area contributed by atoms with Gasteiger partial charge in [0, 0.05) is 6.07 Å². The first-order chi connectivity index (χ1) is 8.54. The molecular weight excluding hydrogens is 261 g/mol. The summed E-state index contributed by atoms with van der Waals surface area (Å²) in [6.45, 7) is 0. The Hall–Kier alpha value is -2.39. The second kappa shape index (κ2) is 4.47. The van der Waals surface area contributed by atoms with Gasteiger partial charge in [-0.3, -0.25) is 9.78 Å². The number of aromatic nitrogens is 2. The molecule has 0 amide bonds. The zero-order valence-electron chi connectivity index (χ0n) is 8.78. The van der Waals surface area contributed by atoms with E-state index in [2.05, 4.69) is 4.98 Å². The lowest BCUT2D eigenvalue weighted by molar-refractivity contribution is 0.621. The maximum absolute atomic E-state index is 13.4. The highest BCUT2D eigenvalue weighted by atomic mass is 35.5. The number of rotatable bonds is 1. The highest BCUT2D eigenvalue weighted by Crippen LogP contribution is 2.14. The van der Waals surface area contributed by atoms with Crippen LogP contribution >= 0.6 is 11.6 Å². The average molecular weight is 266 g/mol. The van der Waals surface area contributed by atoms with Crippen LogP contribution in [0.4, 0.5) is 4.39 Å². The number of nitriles is 1. The molecule has 0 unspecified atom stereocenters. The Morgan fingerprint density at radius 2 is 2.11 bits per heavy atom. The second-order valence-electron chi connectivity index (χ2n) is 3.34. The Morgan fingerprint density at radius 1 is 1.39 bits per heavy atom. The Labute approximate surface area is 105 Å². The molecule has 0 aliphatic heterocycles. The number of benzene rings is 1. The number of nitrogens with one attached hydrogen (secondary N) is 1. The van der Waals surface area contributed by atoms with Gasteiger partial charge in [0.1, 0.15) is 22.6 Å². The highest BCUT2D eigenvalue weighted by Gasteiger charge is 2.13. The van der Waals surface area contributed by atoms with Crippen molar-refractivity contribution >= 4 is 11.6 Å². The summed E-state index contributed by atoms with van der Waals surface area (Å²) in [4.78, 5) is 25.5. The Morgan fingerprint density at radius 3 is 2.72 bits per heavy atom. The smallest absolute Gasteiger partial charge is 0.297 e. The Kier molecular flexibility index (Phi) is 3.00. The summed E-state index contributed by atoms with van der Waals surface area (Å²) in [5.41, 5.74) is -2.09. The van der Waals surface area contributed by atoms with Crippen molar-refractivity contribution in [3.63, 3.8) is 0 Å². The molecule has 2 rings (SSSR count). The van der Waals surface area contributed by atoms with Crippen molar-refractivity contribution in [3.8, 4) is 11.8 Å². The largest absolute Gasteiger partial charge is 0.334 e. The summed E-state index contributed by atoms with van der Waals surface area (Å²) in [6.07, 6.45) is 0. The van der Waals surface area contributed by atoms with Gasteiger partial charge in [0.2, 0.25) is 0 Å². The minimum atomic E-state index is -0.838. The van der Waals surface area contributed by atoms with Crippen LogP contribution in [-0.2, 0) is 0 Å². The van der Waals surface area contributed by atoms with Gasteiger partial charge in [-0.2, -0.15) is 5.26 Å². The van der Waals surface area contributed by atoms with Crippen molar-refractivity contribution in [2.24, 2.45) is 0 Å². The molecule has 18 heavy (non-hydrogen) atoms. The fourth-order valence-electron chi connectivity index (χ4n) is 1.51. The van der Waals surface area contributed by atoms with Crippen molar-refractivity contribution in [2.75, 3.05) is 0 Å². The molecule has 0 aliphatic carbocycles. The maximum Gasteiger partial charge on any atom is 0.334 e. The van der Waals surface area contributed by atoms with Crippen LogP contribution in [0.5, 0.6) is 0 Å². The fraction of sp³-hybridized carbons (Fsp3) is 0. The van der Waals surface area contributed by atoms with Gasteiger partial charge in [0.05, 0.1) is 5.69 Å². The molecule has 0 atom stereocenters. The molecule has 5 nitrogen and oxygen atoms in total. The monoisotopic (exact) mass is 265 g/mol. The predicted octanol–water partition coefficient (Wildman–Crippen LogP) is 1.19. The van der Waals surface area contributed by atoms with Crippen LogP contribution < -0.4 is 11.2 Å². The van der Waals surface area contributed by atoms with E-state index >= 15 is 0 Å². The van der Waals surface area contributed by atoms with E-state index in [1.807, 2.05) is 0 Å². The first kappa shape index (κ1) is 12.1. The van der Waals surface area contributed by atoms with Crippen molar-refractivity contribution < 1.29 is 4.39 Å². The van der Waals surface area contributed by atoms with E-state index in [-0.39, 0.29) is 16.4 Å². The lowest BCUT2D eigenvalue weighted by atomic mass is 10.2. The average Bonchev–Trinajstić information content (AvgIpc) is 2.27. The first-order valence-corrected chi connectivity index (χ1v) is 5.13. The molecule has 0 saturated carbocycles. The van der Waals surface area contributed by atoms with Gasteiger partial charge in [0.15, 0.2) is 0 Å². The third kappa shape index (κ3) is 1.92. The number of hydrogen-bond donors (Lipinski definition) is 1. The molecule has 1 N–H and O–H groups in total. The summed E-state index contributed by atoms with van der Waals surface area (Å²) < 4.78 is 14.0. The molecule has 1 heterocycles. The van der Waals surface area contributed by atoms with Crippen molar-refractivity contribution in [1.82, 2.24) is 9.55 Å². The van der Waals surface area contributed by atoms with Gasteiger partial charge in [0.25, 0.3) is 5.56 Å². The molecule has 90 valence electrons. The summed E-state index contributed by atoms with van der Waals surface area (Å²) >= 11 is 5.51. The SMILES string of the molecule is N#Cc1c(F)cccc1-n1c(=O)cc(Cl)[nH]c1=O. The molecule has 2 aromatic rings. The van der Waals surface area contributed by atoms with E-state index in [0.29, 0.717) is 4.57 Å². The first-order valence-electron chi connectivity index (χ1n) is 4.75. The van der Waals surface area contributed by atoms with Crippen LogP contribution in [0.1, 0.15) is 5.56 Å². The number of halogens is 2. The van der Waals surface area contributed by atoms with E-state index in [9.17, 15) is 14.0 Å². The van der Waals surface area contributed by atoms with Crippen LogP contribution in [-0.4, -0.2) is 9.55 Å². The van der Waals surface area contributed by atoms with Gasteiger partial charge in [-0.1, -0.05) is 17.7 Å². The zero-order chi connectivity index (χ0) is 13.3. The maximum atomic E-state index is 13.4. The Balaban J connectivity index is 2.88. The van der Waals surface area contributed by atoms with E-state index in [0.717, 1.165) is 12.1 Å². The van der Waals surface area contributed by atoms with Crippen molar-refractivity contribution in [1.29, 1.82) is 5.26 Å². The van der Waals surface area contributed by atoms with Gasteiger partial charge in [-0.15, -0.1) is 0 Å². The molecule has 0 aliphatic rings. The predicted molar refractivity (Wildman–Crippen MR) is 62.3 cm³/mol. The topological polar surface area (TPSA) is 78.7 Å². The molecule has 1 aromatic heterocycles. The molecule has 7 heteroatoms. The standard InChI is InChI=1S/C11H5ClFN3O2/c12-9-4-10(17)16(11(18)15-9)8-3-1-2-7(13)6(8)5-14/h1-4H,(H,15,18). The second-order valence-corrected chi connectivity index (χ2v) is 3.75. The van der Waals surface area contributed by atoms with Crippen LogP contribution in [0.2, 0.25) is 5.15 Å². The Bertz CT molecular complexity index is 742. The van der Waals surface area contributed by atoms with Gasteiger partial charge in [-0.05, 0) is 12.1 Å². The fourth-order valence-corrected chi connectivity index (χ4v) is 1.68. The van der Waals surface area contributed by atoms with Gasteiger partial charge < -0.3 is 0 Å². The number of H-pyrrole nitrogens is 1. The third-order valence-corrected chi connectivity index (χ3v) is 2.45. The van der Waals surface area contributed by atoms with E-state index in [4.69, 9.17) is 16.9 Å². The van der Waals surface area contributed by atoms with Crippen LogP contribution in [0.25, 0.3) is 5.69 Å². The third-order valence-electron chi connectivity index (χ3n) is 2.24. The van der Waals surface area contributed by atoms with E-state index in [1.54, 1.807) is 6.07 Å². The molecule has 0 saturated heterocycles. The molecule has 0 radical (unpaired) electrons. The summed E-state index contributed by atoms with van der Waals surface area (Å²) in [5.74, 6) is -0.809. The number of hydrogen-bond acceptors (Lipinski definition) is 3. The van der Waals surface area contributed by atoms with E-state index < -0.39 is 17.1 Å². The number of aromatic amines is 1. The van der Waals surface area contributed by atoms with Crippen LogP contribution in [0, 0.1) is 17.1 Å². The zero-order valence-corrected chi connectivity index (χ0v) is 9.53. The summed E-state index contributed by atoms with van der Waals surface area (Å²) in [5, 5.41) is 8.72. The molecule has 1 aromatic carbocycles. The molecular formula is C11H5ClFN3O2. The van der Waals surface area contributed by atoms with Crippen molar-refractivity contribution in [3.05, 3.63) is 61.6 Å². The highest BCUT2D eigenvalue weighted by molar-refractivity contribution is 6.29. The lowest BCUT2D eigenvalue weighted by Crippen LogP contribution is -2.33. The number of nitrogens with zero attached hydrogens (tertiary/aromatic N) is 2. The molecule has 0 bridgehead atoms.